The van der Waals surface area contributed by atoms with Crippen LogP contribution in [0.15, 0.2) is 48.5 Å². The minimum absolute atomic E-state index is 0. The summed E-state index contributed by atoms with van der Waals surface area (Å²) in [7, 11) is 0. The van der Waals surface area contributed by atoms with Gasteiger partial charge in [0.2, 0.25) is 5.91 Å². The zero-order valence-electron chi connectivity index (χ0n) is 14.3. The van der Waals surface area contributed by atoms with Crippen molar-refractivity contribution in [3.8, 4) is 5.75 Å². The number of benzene rings is 2. The number of hydrogen-bond donors (Lipinski definition) is 2. The summed E-state index contributed by atoms with van der Waals surface area (Å²) in [6.45, 7) is 5.99. The molecule has 3 N–H and O–H groups in total. The fourth-order valence-corrected chi connectivity index (χ4v) is 2.19. The number of amides is 1. The average molecular weight is 349 g/mol. The fourth-order valence-electron chi connectivity index (χ4n) is 2.19. The Morgan fingerprint density at radius 1 is 1.08 bits per heavy atom. The lowest BCUT2D eigenvalue weighted by Crippen LogP contribution is -2.22. The molecule has 0 aliphatic carbocycles. The van der Waals surface area contributed by atoms with Crippen LogP contribution < -0.4 is 15.8 Å². The van der Waals surface area contributed by atoms with Crippen molar-refractivity contribution in [2.24, 2.45) is 0 Å². The summed E-state index contributed by atoms with van der Waals surface area (Å²) >= 11 is 0. The lowest BCUT2D eigenvalue weighted by Gasteiger charge is -2.21. The van der Waals surface area contributed by atoms with Crippen LogP contribution in [0.25, 0.3) is 0 Å². The molecule has 130 valence electrons. The van der Waals surface area contributed by atoms with Crippen LogP contribution in [0.3, 0.4) is 0 Å². The van der Waals surface area contributed by atoms with Crippen molar-refractivity contribution in [1.82, 2.24) is 0 Å². The monoisotopic (exact) mass is 348 g/mol. The second-order valence-electron chi connectivity index (χ2n) is 6.49. The highest BCUT2D eigenvalue weighted by Gasteiger charge is 2.11. The van der Waals surface area contributed by atoms with Crippen LogP contribution in [0, 0.1) is 0 Å². The third-order valence-electron chi connectivity index (χ3n) is 3.24. The number of para-hydroxylation sites is 1. The molecule has 2 rings (SSSR count). The zero-order chi connectivity index (χ0) is 16.9. The van der Waals surface area contributed by atoms with Gasteiger partial charge in [-0.25, -0.2) is 0 Å². The number of carbonyl (C=O) groups excluding carboxylic acids is 1. The molecule has 1 amide bonds. The van der Waals surface area contributed by atoms with Crippen molar-refractivity contribution in [3.63, 3.8) is 0 Å². The number of aryl methyl sites for hydroxylation is 1. The Labute approximate surface area is 149 Å². The Morgan fingerprint density at radius 2 is 1.71 bits per heavy atom. The Morgan fingerprint density at radius 3 is 2.29 bits per heavy atom. The highest BCUT2D eigenvalue weighted by atomic mass is 35.5. The number of ether oxygens (including phenoxy) is 1. The topological polar surface area (TPSA) is 64.3 Å². The molecule has 0 bridgehead atoms. The van der Waals surface area contributed by atoms with Gasteiger partial charge in [-0.1, -0.05) is 18.2 Å². The molecule has 0 spiro atoms. The Bertz CT molecular complexity index is 664. The SMILES string of the molecule is CC(C)(C)Oc1ccc(NC(=O)CCc2ccccc2N)cc1.Cl. The Hall–Kier alpha value is -2.20. The Balaban J connectivity index is 0.00000288. The molecule has 0 atom stereocenters. The van der Waals surface area contributed by atoms with E-state index in [1.807, 2.05) is 69.3 Å². The van der Waals surface area contributed by atoms with Gasteiger partial charge in [0.15, 0.2) is 0 Å². The van der Waals surface area contributed by atoms with Crippen LogP contribution in [0.4, 0.5) is 11.4 Å². The van der Waals surface area contributed by atoms with Gasteiger partial charge in [-0.2, -0.15) is 0 Å². The van der Waals surface area contributed by atoms with E-state index in [2.05, 4.69) is 5.32 Å². The highest BCUT2D eigenvalue weighted by Crippen LogP contribution is 2.21. The molecule has 0 aliphatic rings. The maximum atomic E-state index is 12.0. The van der Waals surface area contributed by atoms with E-state index in [9.17, 15) is 4.79 Å². The molecule has 2 aromatic rings. The largest absolute Gasteiger partial charge is 0.488 e. The molecule has 0 saturated heterocycles. The number of carbonyl (C=O) groups is 1. The number of nitrogens with two attached hydrogens (primary N) is 1. The quantitative estimate of drug-likeness (QED) is 0.785. The predicted molar refractivity (Wildman–Crippen MR) is 102 cm³/mol. The van der Waals surface area contributed by atoms with Gasteiger partial charge in [0.05, 0.1) is 0 Å². The van der Waals surface area contributed by atoms with Gasteiger partial charge in [-0.3, -0.25) is 4.79 Å². The van der Waals surface area contributed by atoms with Crippen LogP contribution in [0.1, 0.15) is 32.8 Å². The summed E-state index contributed by atoms with van der Waals surface area (Å²) < 4.78 is 5.75. The molecular formula is C19H25ClN2O2. The molecule has 0 fully saturated rings. The number of hydrogen-bond acceptors (Lipinski definition) is 3. The average Bonchev–Trinajstić information content (AvgIpc) is 2.47. The molecule has 0 aliphatic heterocycles. The minimum Gasteiger partial charge on any atom is -0.488 e. The second kappa shape index (κ2) is 8.60. The van der Waals surface area contributed by atoms with Crippen LogP contribution in [-0.2, 0) is 11.2 Å². The van der Waals surface area contributed by atoms with Crippen molar-refractivity contribution < 1.29 is 9.53 Å². The summed E-state index contributed by atoms with van der Waals surface area (Å²) in [6, 6.07) is 15.0. The fraction of sp³-hybridized carbons (Fsp3) is 0.316. The smallest absolute Gasteiger partial charge is 0.224 e. The lowest BCUT2D eigenvalue weighted by molar-refractivity contribution is -0.116. The molecular weight excluding hydrogens is 324 g/mol. The van der Waals surface area contributed by atoms with Crippen molar-refractivity contribution in [3.05, 3.63) is 54.1 Å². The maximum Gasteiger partial charge on any atom is 0.224 e. The zero-order valence-corrected chi connectivity index (χ0v) is 15.2. The molecule has 0 saturated carbocycles. The van der Waals surface area contributed by atoms with Crippen molar-refractivity contribution in [2.75, 3.05) is 11.1 Å². The number of nitrogen functional groups attached to an aromatic ring is 1. The Kier molecular flexibility index (Phi) is 7.11. The van der Waals surface area contributed by atoms with Gasteiger partial charge < -0.3 is 15.8 Å². The van der Waals surface area contributed by atoms with Crippen LogP contribution >= 0.6 is 12.4 Å². The number of anilines is 2. The lowest BCUT2D eigenvalue weighted by atomic mass is 10.1. The van der Waals surface area contributed by atoms with Gasteiger partial charge in [0.25, 0.3) is 0 Å². The van der Waals surface area contributed by atoms with E-state index in [1.54, 1.807) is 0 Å². The minimum atomic E-state index is -0.236. The second-order valence-corrected chi connectivity index (χ2v) is 6.49. The first-order chi connectivity index (χ1) is 10.8. The van der Waals surface area contributed by atoms with Gasteiger partial charge >= 0.3 is 0 Å². The molecule has 24 heavy (non-hydrogen) atoms. The van der Waals surface area contributed by atoms with Gasteiger partial charge in [0, 0.05) is 17.8 Å². The maximum absolute atomic E-state index is 12.0. The summed E-state index contributed by atoms with van der Waals surface area (Å²) in [5, 5.41) is 2.89. The summed E-state index contributed by atoms with van der Waals surface area (Å²) in [5.41, 5.74) is 8.13. The predicted octanol–water partition coefficient (Wildman–Crippen LogP) is 4.44. The van der Waals surface area contributed by atoms with E-state index in [4.69, 9.17) is 10.5 Å². The molecule has 5 heteroatoms. The summed E-state index contributed by atoms with van der Waals surface area (Å²) in [5.74, 6) is 0.755. The summed E-state index contributed by atoms with van der Waals surface area (Å²) in [6.07, 6.45) is 1.03. The summed E-state index contributed by atoms with van der Waals surface area (Å²) in [4.78, 5) is 12.0. The van der Waals surface area contributed by atoms with Crippen molar-refractivity contribution in [1.29, 1.82) is 0 Å². The van der Waals surface area contributed by atoms with E-state index in [0.29, 0.717) is 12.8 Å². The van der Waals surface area contributed by atoms with Gasteiger partial charge in [-0.15, -0.1) is 12.4 Å². The first-order valence-electron chi connectivity index (χ1n) is 7.76. The molecule has 4 nitrogen and oxygen atoms in total. The molecule has 2 aromatic carbocycles. The number of nitrogens with one attached hydrogen (secondary N) is 1. The normalized spacial score (nSPS) is 10.6. The van der Waals surface area contributed by atoms with E-state index in [1.165, 1.54) is 0 Å². The molecule has 0 aromatic heterocycles. The standard InChI is InChI=1S/C19H24N2O2.ClH/c1-19(2,3)23-16-11-9-15(10-12-16)21-18(22)13-8-14-6-4-5-7-17(14)20;/h4-7,9-12H,8,13,20H2,1-3H3,(H,21,22);1H. The molecule has 0 radical (unpaired) electrons. The van der Waals surface area contributed by atoms with E-state index >= 15 is 0 Å². The van der Waals surface area contributed by atoms with E-state index < -0.39 is 0 Å². The number of rotatable bonds is 5. The van der Waals surface area contributed by atoms with Crippen LogP contribution in [0.2, 0.25) is 0 Å². The van der Waals surface area contributed by atoms with E-state index in [-0.39, 0.29) is 23.9 Å². The third-order valence-corrected chi connectivity index (χ3v) is 3.24. The molecule has 0 unspecified atom stereocenters. The van der Waals surface area contributed by atoms with Crippen molar-refractivity contribution >= 4 is 29.7 Å². The van der Waals surface area contributed by atoms with Crippen LogP contribution in [-0.4, -0.2) is 11.5 Å². The third kappa shape index (κ3) is 6.50. The van der Waals surface area contributed by atoms with Gasteiger partial charge in [0.1, 0.15) is 11.4 Å². The highest BCUT2D eigenvalue weighted by molar-refractivity contribution is 5.90. The first-order valence-corrected chi connectivity index (χ1v) is 7.76. The van der Waals surface area contributed by atoms with Crippen LogP contribution in [0.5, 0.6) is 5.75 Å². The number of halogens is 1. The first kappa shape index (κ1) is 19.8. The molecule has 0 heterocycles. The van der Waals surface area contributed by atoms with Crippen molar-refractivity contribution in [2.45, 2.75) is 39.2 Å². The van der Waals surface area contributed by atoms with E-state index in [0.717, 1.165) is 22.7 Å². The van der Waals surface area contributed by atoms with Gasteiger partial charge in [-0.05, 0) is 63.1 Å².